The van der Waals surface area contributed by atoms with E-state index in [-0.39, 0.29) is 0 Å². The monoisotopic (exact) mass is 259 g/mol. The van der Waals surface area contributed by atoms with Crippen LogP contribution in [0.3, 0.4) is 0 Å². The van der Waals surface area contributed by atoms with Crippen LogP contribution in [0.1, 0.15) is 49.3 Å². The molecule has 1 heteroatoms. The van der Waals surface area contributed by atoms with Crippen molar-refractivity contribution in [3.05, 3.63) is 41.5 Å². The molecule has 1 aromatic rings. The molecular weight excluding hydrogens is 230 g/mol. The van der Waals surface area contributed by atoms with Gasteiger partial charge in [0.2, 0.25) is 0 Å². The second kappa shape index (κ2) is 8.92. The summed E-state index contributed by atoms with van der Waals surface area (Å²) in [5.41, 5.74) is 4.09. The van der Waals surface area contributed by atoms with E-state index in [4.69, 9.17) is 0 Å². The second-order valence-electron chi connectivity index (χ2n) is 5.48. The van der Waals surface area contributed by atoms with Gasteiger partial charge in [0.05, 0.1) is 0 Å². The fraction of sp³-hybridized carbons (Fsp3) is 0.556. The molecule has 0 aliphatic carbocycles. The molecule has 0 aliphatic rings. The predicted molar refractivity (Wildman–Crippen MR) is 86.5 cm³/mol. The van der Waals surface area contributed by atoms with Gasteiger partial charge in [-0.3, -0.25) is 0 Å². The minimum absolute atomic E-state index is 0.804. The first-order chi connectivity index (χ1) is 9.21. The van der Waals surface area contributed by atoms with Crippen LogP contribution < -0.4 is 5.32 Å². The van der Waals surface area contributed by atoms with Gasteiger partial charge in [-0.25, -0.2) is 0 Å². The summed E-state index contributed by atoms with van der Waals surface area (Å²) in [7, 11) is 2.03. The quantitative estimate of drug-likeness (QED) is 0.639. The molecule has 0 radical (unpaired) electrons. The molecule has 1 N–H and O–H groups in total. The van der Waals surface area contributed by atoms with Crippen LogP contribution in [-0.4, -0.2) is 13.6 Å². The molecule has 1 rings (SSSR count). The van der Waals surface area contributed by atoms with E-state index in [9.17, 15) is 0 Å². The fourth-order valence-electron chi connectivity index (χ4n) is 2.59. The van der Waals surface area contributed by atoms with Gasteiger partial charge in [-0.2, -0.15) is 0 Å². The van der Waals surface area contributed by atoms with Gasteiger partial charge in [-0.1, -0.05) is 62.6 Å². The second-order valence-corrected chi connectivity index (χ2v) is 5.48. The molecule has 19 heavy (non-hydrogen) atoms. The Balaban J connectivity index is 2.57. The number of unbranched alkanes of at least 4 members (excludes halogenated alkanes) is 1. The molecule has 0 heterocycles. The molecule has 106 valence electrons. The van der Waals surface area contributed by atoms with E-state index in [0.717, 1.165) is 12.5 Å². The first-order valence-electron chi connectivity index (χ1n) is 7.57. The van der Waals surface area contributed by atoms with Crippen molar-refractivity contribution >= 4 is 6.08 Å². The highest BCUT2D eigenvalue weighted by Crippen LogP contribution is 2.22. The van der Waals surface area contributed by atoms with Crippen molar-refractivity contribution in [3.63, 3.8) is 0 Å². The maximum absolute atomic E-state index is 3.94. The van der Waals surface area contributed by atoms with Gasteiger partial charge in [-0.05, 0) is 50.4 Å². The lowest BCUT2D eigenvalue weighted by Crippen LogP contribution is -2.09. The summed E-state index contributed by atoms with van der Waals surface area (Å²) in [6.45, 7) is 9.54. The number of rotatable bonds is 9. The molecule has 1 nitrogen and oxygen atoms in total. The molecule has 0 bridgehead atoms. The zero-order chi connectivity index (χ0) is 14.1. The Labute approximate surface area is 119 Å². The van der Waals surface area contributed by atoms with E-state index >= 15 is 0 Å². The summed E-state index contributed by atoms with van der Waals surface area (Å²) >= 11 is 0. The Kier molecular flexibility index (Phi) is 7.50. The van der Waals surface area contributed by atoms with Crippen LogP contribution in [0.5, 0.6) is 0 Å². The van der Waals surface area contributed by atoms with Crippen molar-refractivity contribution in [2.75, 3.05) is 13.6 Å². The molecule has 1 atom stereocenters. The van der Waals surface area contributed by atoms with Gasteiger partial charge >= 0.3 is 0 Å². The topological polar surface area (TPSA) is 12.0 Å². The molecule has 0 aromatic heterocycles. The average molecular weight is 259 g/mol. The number of hydrogen-bond donors (Lipinski definition) is 1. The Morgan fingerprint density at radius 2 is 2.11 bits per heavy atom. The van der Waals surface area contributed by atoms with Crippen molar-refractivity contribution in [2.24, 2.45) is 5.92 Å². The molecular formula is C18H29N. The van der Waals surface area contributed by atoms with Crippen molar-refractivity contribution in [1.29, 1.82) is 0 Å². The highest BCUT2D eigenvalue weighted by molar-refractivity contribution is 5.53. The van der Waals surface area contributed by atoms with Crippen LogP contribution in [0.2, 0.25) is 0 Å². The number of nitrogens with one attached hydrogen (secondary N) is 1. The summed E-state index contributed by atoms with van der Waals surface area (Å²) in [5, 5.41) is 3.22. The molecule has 0 aliphatic heterocycles. The largest absolute Gasteiger partial charge is 0.320 e. The first-order valence-corrected chi connectivity index (χ1v) is 7.57. The zero-order valence-corrected chi connectivity index (χ0v) is 12.8. The van der Waals surface area contributed by atoms with E-state index in [1.165, 1.54) is 48.8 Å². The summed E-state index contributed by atoms with van der Waals surface area (Å²) in [4.78, 5) is 0. The highest BCUT2D eigenvalue weighted by atomic mass is 14.8. The molecule has 0 fully saturated rings. The number of hydrogen-bond acceptors (Lipinski definition) is 1. The standard InChI is InChI=1S/C18H29N/c1-5-16(9-7-8-12-19-4)14-18-11-10-15(3)13-17(18)6-2/h6,10-11,13,16,19H,2,5,7-9,12,14H2,1,3-4H3. The molecule has 0 saturated carbocycles. The van der Waals surface area contributed by atoms with Crippen molar-refractivity contribution in [1.82, 2.24) is 5.32 Å². The van der Waals surface area contributed by atoms with Gasteiger partial charge in [0, 0.05) is 0 Å². The van der Waals surface area contributed by atoms with Gasteiger partial charge in [0.25, 0.3) is 0 Å². The smallest absolute Gasteiger partial charge is 0.00519 e. The Morgan fingerprint density at radius 1 is 1.32 bits per heavy atom. The van der Waals surface area contributed by atoms with Crippen molar-refractivity contribution in [2.45, 2.75) is 46.0 Å². The lowest BCUT2D eigenvalue weighted by atomic mass is 9.89. The third-order valence-corrected chi connectivity index (χ3v) is 3.90. The summed E-state index contributed by atoms with van der Waals surface area (Å²) in [6.07, 6.45) is 8.41. The number of aryl methyl sites for hydroxylation is 1. The van der Waals surface area contributed by atoms with Crippen LogP contribution in [0.15, 0.2) is 24.8 Å². The SMILES string of the molecule is C=Cc1cc(C)ccc1CC(CC)CCCCNC. The average Bonchev–Trinajstić information content (AvgIpc) is 2.43. The number of benzene rings is 1. The minimum Gasteiger partial charge on any atom is -0.320 e. The Morgan fingerprint density at radius 3 is 2.74 bits per heavy atom. The summed E-state index contributed by atoms with van der Waals surface area (Å²) < 4.78 is 0. The predicted octanol–water partition coefficient (Wildman–Crippen LogP) is 4.60. The maximum atomic E-state index is 3.94. The van der Waals surface area contributed by atoms with E-state index in [1.807, 2.05) is 13.1 Å². The van der Waals surface area contributed by atoms with Crippen LogP contribution >= 0.6 is 0 Å². The lowest BCUT2D eigenvalue weighted by Gasteiger charge is -2.17. The van der Waals surface area contributed by atoms with E-state index in [0.29, 0.717) is 0 Å². The van der Waals surface area contributed by atoms with Gasteiger partial charge in [-0.15, -0.1) is 0 Å². The first kappa shape index (κ1) is 16.0. The molecule has 1 aromatic carbocycles. The molecule has 0 saturated heterocycles. The van der Waals surface area contributed by atoms with Crippen molar-refractivity contribution in [3.8, 4) is 0 Å². The third-order valence-electron chi connectivity index (χ3n) is 3.90. The molecule has 0 spiro atoms. The summed E-state index contributed by atoms with van der Waals surface area (Å²) in [6, 6.07) is 6.74. The van der Waals surface area contributed by atoms with Gasteiger partial charge < -0.3 is 5.32 Å². The van der Waals surface area contributed by atoms with Gasteiger partial charge in [0.1, 0.15) is 0 Å². The zero-order valence-electron chi connectivity index (χ0n) is 12.8. The van der Waals surface area contributed by atoms with Crippen molar-refractivity contribution < 1.29 is 0 Å². The molecule has 1 unspecified atom stereocenters. The van der Waals surface area contributed by atoms with Gasteiger partial charge in [0.15, 0.2) is 0 Å². The van der Waals surface area contributed by atoms with E-state index < -0.39 is 0 Å². The normalized spacial score (nSPS) is 12.4. The Hall–Kier alpha value is -1.08. The summed E-state index contributed by atoms with van der Waals surface area (Å²) in [5.74, 6) is 0.804. The molecule has 0 amide bonds. The fourth-order valence-corrected chi connectivity index (χ4v) is 2.59. The van der Waals surface area contributed by atoms with Crippen LogP contribution in [0.4, 0.5) is 0 Å². The lowest BCUT2D eigenvalue weighted by molar-refractivity contribution is 0.441. The minimum atomic E-state index is 0.804. The van der Waals surface area contributed by atoms with Crippen LogP contribution in [0.25, 0.3) is 6.08 Å². The maximum Gasteiger partial charge on any atom is -0.00519 e. The Bertz CT molecular complexity index is 381. The third kappa shape index (κ3) is 5.61. The van der Waals surface area contributed by atoms with E-state index in [1.54, 1.807) is 0 Å². The highest BCUT2D eigenvalue weighted by Gasteiger charge is 2.09. The van der Waals surface area contributed by atoms with Crippen LogP contribution in [0, 0.1) is 12.8 Å². The van der Waals surface area contributed by atoms with Crippen LogP contribution in [-0.2, 0) is 6.42 Å². The van der Waals surface area contributed by atoms with E-state index in [2.05, 4.69) is 43.9 Å².